The number of nitrogens with one attached hydrogen (secondary N) is 1. The summed E-state index contributed by atoms with van der Waals surface area (Å²) in [5, 5.41) is 8.45. The first-order valence-electron chi connectivity index (χ1n) is 8.36. The second kappa shape index (κ2) is 8.96. The number of amides is 1. The molecule has 0 fully saturated rings. The minimum atomic E-state index is -4.10. The van der Waals surface area contributed by atoms with E-state index in [1.54, 1.807) is 24.3 Å². The molecule has 1 amide bonds. The molecule has 0 radical (unpaired) electrons. The molecular weight excluding hydrogens is 480 g/mol. The fourth-order valence-electron chi connectivity index (χ4n) is 2.57. The Kier molecular flexibility index (Phi) is 6.59. The summed E-state index contributed by atoms with van der Waals surface area (Å²) in [6.45, 7) is 0. The Labute approximate surface area is 181 Å². The van der Waals surface area contributed by atoms with Gasteiger partial charge in [0.2, 0.25) is 15.9 Å². The van der Waals surface area contributed by atoms with Crippen LogP contribution in [0.25, 0.3) is 0 Å². The predicted octanol–water partition coefficient (Wildman–Crippen LogP) is 4.72. The number of carbonyl (C=O) groups is 1. The summed E-state index contributed by atoms with van der Waals surface area (Å²) in [7, 11) is -4.10. The number of benzene rings is 3. The van der Waals surface area contributed by atoms with E-state index in [1.165, 1.54) is 18.2 Å². The van der Waals surface area contributed by atoms with Gasteiger partial charge < -0.3 is 10.1 Å². The van der Waals surface area contributed by atoms with Gasteiger partial charge in [-0.2, -0.15) is 0 Å². The summed E-state index contributed by atoms with van der Waals surface area (Å²) in [6.07, 6.45) is 0.118. The van der Waals surface area contributed by atoms with E-state index in [0.29, 0.717) is 10.8 Å². The van der Waals surface area contributed by atoms with Crippen LogP contribution in [0.3, 0.4) is 0 Å². The second-order valence-corrected chi connectivity index (χ2v) is 8.90. The molecule has 0 unspecified atom stereocenters. The lowest BCUT2D eigenvalue weighted by atomic mass is 10.1. The van der Waals surface area contributed by atoms with Gasteiger partial charge in [0.1, 0.15) is 16.4 Å². The number of ether oxygens (including phenoxy) is 1. The van der Waals surface area contributed by atoms with Crippen LogP contribution < -0.4 is 15.2 Å². The van der Waals surface area contributed by atoms with Crippen LogP contribution in [-0.4, -0.2) is 14.3 Å². The number of primary sulfonamides is 1. The van der Waals surface area contributed by atoms with Gasteiger partial charge in [-0.3, -0.25) is 4.79 Å². The molecule has 0 bridgehead atoms. The molecule has 0 heterocycles. The fraction of sp³-hybridized carbons (Fsp3) is 0.0500. The zero-order valence-corrected chi connectivity index (χ0v) is 18.1. The van der Waals surface area contributed by atoms with Crippen LogP contribution >= 0.6 is 27.5 Å². The fourth-order valence-corrected chi connectivity index (χ4v) is 3.86. The van der Waals surface area contributed by atoms with Crippen LogP contribution in [0.4, 0.5) is 5.69 Å². The molecule has 0 aromatic heterocycles. The van der Waals surface area contributed by atoms with Crippen molar-refractivity contribution in [3.05, 3.63) is 81.8 Å². The van der Waals surface area contributed by atoms with Gasteiger partial charge in [-0.1, -0.05) is 51.8 Å². The highest BCUT2D eigenvalue weighted by molar-refractivity contribution is 9.10. The highest BCUT2D eigenvalue weighted by atomic mass is 79.9. The maximum absolute atomic E-state index is 12.3. The highest BCUT2D eigenvalue weighted by Gasteiger charge is 2.18. The molecule has 3 rings (SSSR count). The first-order valence-corrected chi connectivity index (χ1v) is 11.1. The van der Waals surface area contributed by atoms with Crippen molar-refractivity contribution in [2.45, 2.75) is 11.3 Å². The Morgan fingerprint density at radius 2 is 1.83 bits per heavy atom. The van der Waals surface area contributed by atoms with Gasteiger partial charge in [0.05, 0.1) is 6.42 Å². The Morgan fingerprint density at radius 3 is 2.52 bits per heavy atom. The molecule has 0 saturated carbocycles. The normalized spacial score (nSPS) is 11.1. The number of sulfonamides is 1. The molecular formula is C20H16BrClN2O4S. The summed E-state index contributed by atoms with van der Waals surface area (Å²) in [5.74, 6) is 0.0764. The molecule has 150 valence electrons. The molecule has 0 aliphatic heterocycles. The third-order valence-electron chi connectivity index (χ3n) is 3.87. The Bertz CT molecular complexity index is 1170. The van der Waals surface area contributed by atoms with Gasteiger partial charge in [-0.25, -0.2) is 13.6 Å². The van der Waals surface area contributed by atoms with E-state index in [2.05, 4.69) is 21.2 Å². The van der Waals surface area contributed by atoms with Crippen molar-refractivity contribution in [1.29, 1.82) is 0 Å². The van der Waals surface area contributed by atoms with E-state index in [9.17, 15) is 13.2 Å². The van der Waals surface area contributed by atoms with Gasteiger partial charge in [0.15, 0.2) is 0 Å². The van der Waals surface area contributed by atoms with Crippen molar-refractivity contribution in [1.82, 2.24) is 0 Å². The van der Waals surface area contributed by atoms with Crippen molar-refractivity contribution >= 4 is 49.1 Å². The maximum atomic E-state index is 12.3. The van der Waals surface area contributed by atoms with E-state index in [4.69, 9.17) is 21.5 Å². The van der Waals surface area contributed by atoms with Crippen LogP contribution in [0.1, 0.15) is 5.56 Å². The van der Waals surface area contributed by atoms with E-state index < -0.39 is 10.0 Å². The minimum Gasteiger partial charge on any atom is -0.456 e. The SMILES string of the molecule is NS(=O)(=O)c1cc(NC(=O)Cc2ccccc2Br)ccc1Oc1cccc(Cl)c1. The molecule has 0 spiro atoms. The van der Waals surface area contributed by atoms with Crippen molar-refractivity contribution < 1.29 is 17.9 Å². The van der Waals surface area contributed by atoms with Crippen molar-refractivity contribution in [3.63, 3.8) is 0 Å². The molecule has 3 aromatic carbocycles. The number of nitrogens with two attached hydrogens (primary N) is 1. The summed E-state index contributed by atoms with van der Waals surface area (Å²) >= 11 is 9.32. The molecule has 3 N–H and O–H groups in total. The quantitative estimate of drug-likeness (QED) is 0.517. The average molecular weight is 496 g/mol. The average Bonchev–Trinajstić information content (AvgIpc) is 2.64. The lowest BCUT2D eigenvalue weighted by molar-refractivity contribution is -0.115. The summed E-state index contributed by atoms with van der Waals surface area (Å²) < 4.78 is 30.5. The van der Waals surface area contributed by atoms with Gasteiger partial charge in [0, 0.05) is 15.2 Å². The van der Waals surface area contributed by atoms with E-state index >= 15 is 0 Å². The third-order valence-corrected chi connectivity index (χ3v) is 5.81. The van der Waals surface area contributed by atoms with Crippen LogP contribution in [0.2, 0.25) is 5.02 Å². The summed E-state index contributed by atoms with van der Waals surface area (Å²) in [6, 6.07) is 18.1. The Hall–Kier alpha value is -2.39. The number of rotatable bonds is 6. The second-order valence-electron chi connectivity index (χ2n) is 6.08. The molecule has 0 aliphatic rings. The summed E-state index contributed by atoms with van der Waals surface area (Å²) in [4.78, 5) is 12.1. The lowest BCUT2D eigenvalue weighted by Crippen LogP contribution is -2.17. The molecule has 6 nitrogen and oxygen atoms in total. The molecule has 29 heavy (non-hydrogen) atoms. The summed E-state index contributed by atoms with van der Waals surface area (Å²) in [5.41, 5.74) is 1.09. The van der Waals surface area contributed by atoms with Gasteiger partial charge >= 0.3 is 0 Å². The molecule has 0 saturated heterocycles. The number of hydrogen-bond donors (Lipinski definition) is 2. The number of hydrogen-bond acceptors (Lipinski definition) is 4. The van der Waals surface area contributed by atoms with Crippen molar-refractivity contribution in [2.75, 3.05) is 5.32 Å². The first-order chi connectivity index (χ1) is 13.7. The van der Waals surface area contributed by atoms with Crippen molar-refractivity contribution in [2.24, 2.45) is 5.14 Å². The van der Waals surface area contributed by atoms with Crippen molar-refractivity contribution in [3.8, 4) is 11.5 Å². The molecule has 9 heteroatoms. The molecule has 0 atom stereocenters. The molecule has 0 aliphatic carbocycles. The molecule has 3 aromatic rings. The lowest BCUT2D eigenvalue weighted by Gasteiger charge is -2.13. The standard InChI is InChI=1S/C20H16BrClN2O4S/c21-17-7-2-1-4-13(17)10-20(25)24-15-8-9-18(19(12-15)29(23,26)27)28-16-6-3-5-14(22)11-16/h1-9,11-12H,10H2,(H,24,25)(H2,23,26,27). The van der Waals surface area contributed by atoms with Gasteiger partial charge in [0.25, 0.3) is 0 Å². The van der Waals surface area contributed by atoms with E-state index in [-0.39, 0.29) is 28.7 Å². The number of halogens is 2. The van der Waals surface area contributed by atoms with Crippen LogP contribution in [-0.2, 0) is 21.2 Å². The van der Waals surface area contributed by atoms with Crippen LogP contribution in [0.5, 0.6) is 11.5 Å². The predicted molar refractivity (Wildman–Crippen MR) is 116 cm³/mol. The number of anilines is 1. The Balaban J connectivity index is 1.84. The minimum absolute atomic E-state index is 0.0265. The van der Waals surface area contributed by atoms with Crippen LogP contribution in [0.15, 0.2) is 76.1 Å². The monoisotopic (exact) mass is 494 g/mol. The highest BCUT2D eigenvalue weighted by Crippen LogP contribution is 2.31. The van der Waals surface area contributed by atoms with E-state index in [1.807, 2.05) is 24.3 Å². The Morgan fingerprint density at radius 1 is 1.07 bits per heavy atom. The topological polar surface area (TPSA) is 98.5 Å². The van der Waals surface area contributed by atoms with Crippen LogP contribution in [0, 0.1) is 0 Å². The first kappa shape index (κ1) is 21.3. The number of carbonyl (C=O) groups excluding carboxylic acids is 1. The van der Waals surface area contributed by atoms with Gasteiger partial charge in [-0.05, 0) is 48.0 Å². The largest absolute Gasteiger partial charge is 0.456 e. The van der Waals surface area contributed by atoms with Gasteiger partial charge in [-0.15, -0.1) is 0 Å². The zero-order valence-electron chi connectivity index (χ0n) is 14.9. The van der Waals surface area contributed by atoms with E-state index in [0.717, 1.165) is 10.0 Å². The third kappa shape index (κ3) is 5.80. The smallest absolute Gasteiger partial charge is 0.241 e. The maximum Gasteiger partial charge on any atom is 0.241 e. The zero-order chi connectivity index (χ0) is 21.0.